The number of rotatable bonds is 7. The second kappa shape index (κ2) is 6.78. The fourth-order valence-electron chi connectivity index (χ4n) is 2.59. The highest BCUT2D eigenvalue weighted by atomic mass is 15.2. The van der Waals surface area contributed by atoms with Crippen molar-refractivity contribution in [3.8, 4) is 0 Å². The molecule has 21 heavy (non-hydrogen) atoms. The summed E-state index contributed by atoms with van der Waals surface area (Å²) in [7, 11) is 0. The van der Waals surface area contributed by atoms with Crippen molar-refractivity contribution in [3.63, 3.8) is 0 Å². The molecule has 0 atom stereocenters. The number of nitrogens with one attached hydrogen (secondary N) is 1. The molecule has 0 amide bonds. The Kier molecular flexibility index (Phi) is 5.26. The fourth-order valence-corrected chi connectivity index (χ4v) is 2.59. The predicted octanol–water partition coefficient (Wildman–Crippen LogP) is 3.90. The molecule has 1 heterocycles. The fraction of sp³-hybridized carbons (Fsp3) is 0.722. The summed E-state index contributed by atoms with van der Waals surface area (Å²) in [6, 6.07) is 2.29. The first-order valence-corrected chi connectivity index (χ1v) is 8.34. The Bertz CT molecular complexity index is 458. The molecule has 0 saturated heterocycles. The quantitative estimate of drug-likeness (QED) is 0.825. The normalized spacial score (nSPS) is 15.3. The molecule has 1 N–H and O–H groups in total. The van der Waals surface area contributed by atoms with E-state index in [0.29, 0.717) is 0 Å². The van der Waals surface area contributed by atoms with Crippen LogP contribution >= 0.6 is 0 Å². The lowest BCUT2D eigenvalue weighted by molar-refractivity contribution is 0.424. The SMILES string of the molecule is CCCN(CC1CC1)c1ncc(CNC(C)(C)C)cc1C. The summed E-state index contributed by atoms with van der Waals surface area (Å²) in [5, 5.41) is 3.53. The first-order valence-electron chi connectivity index (χ1n) is 8.34. The molecule has 1 aromatic heterocycles. The van der Waals surface area contributed by atoms with Crippen LogP contribution in [0.3, 0.4) is 0 Å². The minimum atomic E-state index is 0.146. The Labute approximate surface area is 130 Å². The van der Waals surface area contributed by atoms with Crippen LogP contribution in [0.15, 0.2) is 12.3 Å². The molecule has 1 saturated carbocycles. The molecule has 0 spiro atoms. The zero-order valence-corrected chi connectivity index (χ0v) is 14.4. The summed E-state index contributed by atoms with van der Waals surface area (Å²) in [4.78, 5) is 7.24. The van der Waals surface area contributed by atoms with Gasteiger partial charge in [-0.1, -0.05) is 6.92 Å². The van der Waals surface area contributed by atoms with Gasteiger partial charge in [-0.05, 0) is 70.1 Å². The van der Waals surface area contributed by atoms with Crippen molar-refractivity contribution in [2.24, 2.45) is 5.92 Å². The maximum Gasteiger partial charge on any atom is 0.131 e. The molecule has 3 nitrogen and oxygen atoms in total. The van der Waals surface area contributed by atoms with Gasteiger partial charge in [0.05, 0.1) is 0 Å². The first kappa shape index (κ1) is 16.3. The van der Waals surface area contributed by atoms with Crippen molar-refractivity contribution in [3.05, 3.63) is 23.4 Å². The van der Waals surface area contributed by atoms with E-state index in [-0.39, 0.29) is 5.54 Å². The number of hydrogen-bond acceptors (Lipinski definition) is 3. The van der Waals surface area contributed by atoms with E-state index >= 15 is 0 Å². The molecule has 0 bridgehead atoms. The molecular weight excluding hydrogens is 258 g/mol. The van der Waals surface area contributed by atoms with Crippen LogP contribution in [-0.4, -0.2) is 23.6 Å². The van der Waals surface area contributed by atoms with Gasteiger partial charge in [-0.2, -0.15) is 0 Å². The minimum Gasteiger partial charge on any atom is -0.356 e. The van der Waals surface area contributed by atoms with E-state index in [9.17, 15) is 0 Å². The number of pyridine rings is 1. The Hall–Kier alpha value is -1.09. The predicted molar refractivity (Wildman–Crippen MR) is 90.8 cm³/mol. The lowest BCUT2D eigenvalue weighted by Gasteiger charge is -2.25. The molecule has 0 radical (unpaired) electrons. The van der Waals surface area contributed by atoms with Crippen LogP contribution in [0.4, 0.5) is 5.82 Å². The summed E-state index contributed by atoms with van der Waals surface area (Å²) in [6.45, 7) is 14.2. The van der Waals surface area contributed by atoms with Gasteiger partial charge in [-0.25, -0.2) is 4.98 Å². The van der Waals surface area contributed by atoms with Crippen molar-refractivity contribution >= 4 is 5.82 Å². The van der Waals surface area contributed by atoms with Gasteiger partial charge in [0, 0.05) is 31.4 Å². The number of anilines is 1. The van der Waals surface area contributed by atoms with Gasteiger partial charge in [-0.15, -0.1) is 0 Å². The van der Waals surface area contributed by atoms with Gasteiger partial charge in [0.25, 0.3) is 0 Å². The molecule has 3 heteroatoms. The van der Waals surface area contributed by atoms with Crippen LogP contribution in [0.1, 0.15) is 58.1 Å². The maximum atomic E-state index is 4.76. The topological polar surface area (TPSA) is 28.2 Å². The average molecular weight is 289 g/mol. The second-order valence-corrected chi connectivity index (χ2v) is 7.48. The van der Waals surface area contributed by atoms with E-state index < -0.39 is 0 Å². The average Bonchev–Trinajstić information content (AvgIpc) is 3.19. The third kappa shape index (κ3) is 5.31. The van der Waals surface area contributed by atoms with Crippen LogP contribution in [0.5, 0.6) is 0 Å². The Morgan fingerprint density at radius 1 is 1.33 bits per heavy atom. The highest BCUT2D eigenvalue weighted by molar-refractivity contribution is 5.47. The van der Waals surface area contributed by atoms with E-state index in [1.54, 1.807) is 0 Å². The first-order chi connectivity index (χ1) is 9.89. The van der Waals surface area contributed by atoms with Crippen LogP contribution in [-0.2, 0) is 6.54 Å². The van der Waals surface area contributed by atoms with Gasteiger partial charge < -0.3 is 10.2 Å². The van der Waals surface area contributed by atoms with E-state index in [1.165, 1.54) is 42.8 Å². The third-order valence-electron chi connectivity index (χ3n) is 3.90. The molecule has 1 aliphatic rings. The van der Waals surface area contributed by atoms with E-state index in [2.05, 4.69) is 50.9 Å². The number of nitrogens with zero attached hydrogens (tertiary/aromatic N) is 2. The summed E-state index contributed by atoms with van der Waals surface area (Å²) < 4.78 is 0. The highest BCUT2D eigenvalue weighted by Crippen LogP contribution is 2.31. The molecule has 0 unspecified atom stereocenters. The monoisotopic (exact) mass is 289 g/mol. The highest BCUT2D eigenvalue weighted by Gasteiger charge is 2.25. The lowest BCUT2D eigenvalue weighted by atomic mass is 10.1. The minimum absolute atomic E-state index is 0.146. The molecule has 1 aliphatic carbocycles. The van der Waals surface area contributed by atoms with Crippen LogP contribution < -0.4 is 10.2 Å². The number of aryl methyl sites for hydroxylation is 1. The number of hydrogen-bond donors (Lipinski definition) is 1. The van der Waals surface area contributed by atoms with Crippen molar-refractivity contribution in [1.82, 2.24) is 10.3 Å². The zero-order valence-electron chi connectivity index (χ0n) is 14.4. The standard InChI is InChI=1S/C18H31N3/c1-6-9-21(13-15-7-8-15)17-14(2)10-16(11-19-17)12-20-18(3,4)5/h10-11,15,20H,6-9,12-13H2,1-5H3. The van der Waals surface area contributed by atoms with Crippen LogP contribution in [0.2, 0.25) is 0 Å². The van der Waals surface area contributed by atoms with E-state index in [0.717, 1.165) is 19.0 Å². The lowest BCUT2D eigenvalue weighted by Crippen LogP contribution is -2.35. The molecule has 2 rings (SSSR count). The smallest absolute Gasteiger partial charge is 0.131 e. The molecule has 118 valence electrons. The van der Waals surface area contributed by atoms with E-state index in [1.807, 2.05) is 6.20 Å². The summed E-state index contributed by atoms with van der Waals surface area (Å²) in [6.07, 6.45) is 6.01. The largest absolute Gasteiger partial charge is 0.356 e. The number of aromatic nitrogens is 1. The van der Waals surface area contributed by atoms with Crippen molar-refractivity contribution in [2.75, 3.05) is 18.0 Å². The Balaban J connectivity index is 2.05. The van der Waals surface area contributed by atoms with Crippen molar-refractivity contribution in [1.29, 1.82) is 0 Å². The van der Waals surface area contributed by atoms with E-state index in [4.69, 9.17) is 4.98 Å². The van der Waals surface area contributed by atoms with Crippen molar-refractivity contribution in [2.45, 2.75) is 66.0 Å². The Morgan fingerprint density at radius 3 is 2.57 bits per heavy atom. The van der Waals surface area contributed by atoms with Gasteiger partial charge in [0.1, 0.15) is 5.82 Å². The van der Waals surface area contributed by atoms with Gasteiger partial charge in [0.15, 0.2) is 0 Å². The van der Waals surface area contributed by atoms with Gasteiger partial charge >= 0.3 is 0 Å². The van der Waals surface area contributed by atoms with Crippen molar-refractivity contribution < 1.29 is 0 Å². The second-order valence-electron chi connectivity index (χ2n) is 7.48. The molecular formula is C18H31N3. The summed E-state index contributed by atoms with van der Waals surface area (Å²) >= 11 is 0. The van der Waals surface area contributed by atoms with Gasteiger partial charge in [0.2, 0.25) is 0 Å². The van der Waals surface area contributed by atoms with Crippen LogP contribution in [0.25, 0.3) is 0 Å². The Morgan fingerprint density at radius 2 is 2.05 bits per heavy atom. The molecule has 0 aromatic carbocycles. The molecule has 0 aliphatic heterocycles. The third-order valence-corrected chi connectivity index (χ3v) is 3.90. The van der Waals surface area contributed by atoms with Gasteiger partial charge in [-0.3, -0.25) is 0 Å². The zero-order chi connectivity index (χ0) is 15.5. The van der Waals surface area contributed by atoms with Crippen LogP contribution in [0, 0.1) is 12.8 Å². The molecule has 1 fully saturated rings. The summed E-state index contributed by atoms with van der Waals surface area (Å²) in [5.41, 5.74) is 2.72. The maximum absolute atomic E-state index is 4.76. The molecule has 1 aromatic rings. The summed E-state index contributed by atoms with van der Waals surface area (Å²) in [5.74, 6) is 2.09.